The number of hydrogen-bond acceptors (Lipinski definition) is 3. The Hall–Kier alpha value is -1.36. The summed E-state index contributed by atoms with van der Waals surface area (Å²) in [6.07, 6.45) is 8.17. The maximum atomic E-state index is 12.2. The molecular weight excluding hydrogens is 290 g/mol. The monoisotopic (exact) mass is 323 g/mol. The predicted octanol–water partition coefficient (Wildman–Crippen LogP) is 2.18. The summed E-state index contributed by atoms with van der Waals surface area (Å²) in [6.45, 7) is 8.17. The maximum absolute atomic E-state index is 12.2. The zero-order chi connectivity index (χ0) is 17.2. The second-order valence-corrected chi connectivity index (χ2v) is 6.31. The van der Waals surface area contributed by atoms with Gasteiger partial charge in [-0.15, -0.1) is 0 Å². The predicted molar refractivity (Wildman–Crippen MR) is 94.2 cm³/mol. The van der Waals surface area contributed by atoms with E-state index in [1.807, 2.05) is 32.7 Å². The van der Waals surface area contributed by atoms with E-state index < -0.39 is 0 Å². The van der Waals surface area contributed by atoms with Gasteiger partial charge in [0.2, 0.25) is 11.8 Å². The van der Waals surface area contributed by atoms with Gasteiger partial charge in [0.1, 0.15) is 0 Å². The van der Waals surface area contributed by atoms with Crippen molar-refractivity contribution in [1.29, 1.82) is 0 Å². The molecule has 0 saturated carbocycles. The highest BCUT2D eigenvalue weighted by Gasteiger charge is 2.21. The Morgan fingerprint density at radius 1 is 1.26 bits per heavy atom. The van der Waals surface area contributed by atoms with E-state index in [1.54, 1.807) is 4.90 Å². The van der Waals surface area contributed by atoms with Gasteiger partial charge in [0.15, 0.2) is 0 Å². The number of allylic oxidation sites excluding steroid dienone is 1. The van der Waals surface area contributed by atoms with Crippen molar-refractivity contribution in [3.63, 3.8) is 0 Å². The van der Waals surface area contributed by atoms with Crippen molar-refractivity contribution in [2.45, 2.75) is 58.9 Å². The average molecular weight is 323 g/mol. The summed E-state index contributed by atoms with van der Waals surface area (Å²) < 4.78 is 0. The third-order valence-electron chi connectivity index (χ3n) is 4.67. The van der Waals surface area contributed by atoms with Gasteiger partial charge < -0.3 is 10.2 Å². The Morgan fingerprint density at radius 3 is 2.52 bits per heavy atom. The van der Waals surface area contributed by atoms with Crippen LogP contribution in [0.15, 0.2) is 11.6 Å². The van der Waals surface area contributed by atoms with Crippen LogP contribution in [0.1, 0.15) is 52.9 Å². The normalized spacial score (nSPS) is 16.0. The van der Waals surface area contributed by atoms with Gasteiger partial charge in [-0.25, -0.2) is 0 Å². The van der Waals surface area contributed by atoms with Gasteiger partial charge in [-0.2, -0.15) is 0 Å². The van der Waals surface area contributed by atoms with E-state index in [0.29, 0.717) is 19.6 Å². The minimum Gasteiger partial charge on any atom is -0.354 e. The first kappa shape index (κ1) is 19.7. The molecule has 1 aliphatic carbocycles. The lowest BCUT2D eigenvalue weighted by Gasteiger charge is -2.26. The maximum Gasteiger partial charge on any atom is 0.237 e. The quantitative estimate of drug-likeness (QED) is 0.662. The van der Waals surface area contributed by atoms with Crippen LogP contribution in [0.25, 0.3) is 0 Å². The SMILES string of the molecule is CCN(CC)C(=O)CN(C)C(C)C(=O)NCCC1=CCCCC1. The van der Waals surface area contributed by atoms with Gasteiger partial charge in [-0.1, -0.05) is 11.6 Å². The molecule has 0 spiro atoms. The fourth-order valence-electron chi connectivity index (χ4n) is 2.85. The largest absolute Gasteiger partial charge is 0.354 e. The van der Waals surface area contributed by atoms with Crippen LogP contribution in [0.4, 0.5) is 0 Å². The van der Waals surface area contributed by atoms with E-state index in [-0.39, 0.29) is 24.4 Å². The average Bonchev–Trinajstić information content (AvgIpc) is 2.56. The molecule has 0 aromatic heterocycles. The summed E-state index contributed by atoms with van der Waals surface area (Å²) in [5, 5.41) is 2.99. The number of rotatable bonds is 9. The molecule has 0 radical (unpaired) electrons. The molecule has 1 aliphatic rings. The Kier molecular flexibility index (Phi) is 8.92. The summed E-state index contributed by atoms with van der Waals surface area (Å²) in [5.41, 5.74) is 1.47. The van der Waals surface area contributed by atoms with E-state index in [1.165, 1.54) is 31.3 Å². The van der Waals surface area contributed by atoms with E-state index in [9.17, 15) is 9.59 Å². The molecule has 0 bridgehead atoms. The van der Waals surface area contributed by atoms with Crippen LogP contribution < -0.4 is 5.32 Å². The summed E-state index contributed by atoms with van der Waals surface area (Å²) in [4.78, 5) is 27.9. The third-order valence-corrected chi connectivity index (χ3v) is 4.67. The van der Waals surface area contributed by atoms with Gasteiger partial charge in [0.05, 0.1) is 12.6 Å². The third kappa shape index (κ3) is 6.73. The van der Waals surface area contributed by atoms with Crippen LogP contribution >= 0.6 is 0 Å². The standard InChI is InChI=1S/C18H33N3O2/c1-5-21(6-2)17(22)14-20(4)15(3)18(23)19-13-12-16-10-8-7-9-11-16/h10,15H,5-9,11-14H2,1-4H3,(H,19,23). The van der Waals surface area contributed by atoms with Crippen LogP contribution in [0.5, 0.6) is 0 Å². The van der Waals surface area contributed by atoms with E-state index >= 15 is 0 Å². The number of nitrogens with one attached hydrogen (secondary N) is 1. The van der Waals surface area contributed by atoms with Crippen LogP contribution in [-0.2, 0) is 9.59 Å². The molecular formula is C18H33N3O2. The summed E-state index contributed by atoms with van der Waals surface area (Å²) in [7, 11) is 1.83. The fourth-order valence-corrected chi connectivity index (χ4v) is 2.85. The number of carbonyl (C=O) groups excluding carboxylic acids is 2. The van der Waals surface area contributed by atoms with E-state index in [2.05, 4.69) is 11.4 Å². The number of hydrogen-bond donors (Lipinski definition) is 1. The lowest BCUT2D eigenvalue weighted by molar-refractivity contribution is -0.133. The molecule has 23 heavy (non-hydrogen) atoms. The second-order valence-electron chi connectivity index (χ2n) is 6.31. The second kappa shape index (κ2) is 10.4. The zero-order valence-corrected chi connectivity index (χ0v) is 15.2. The molecule has 0 heterocycles. The number of amides is 2. The Bertz CT molecular complexity index is 416. The first-order valence-corrected chi connectivity index (χ1v) is 8.93. The minimum atomic E-state index is -0.296. The highest BCUT2D eigenvalue weighted by Crippen LogP contribution is 2.19. The molecule has 132 valence electrons. The van der Waals surface area contributed by atoms with Crippen molar-refractivity contribution >= 4 is 11.8 Å². The van der Waals surface area contributed by atoms with Crippen molar-refractivity contribution in [2.24, 2.45) is 0 Å². The van der Waals surface area contributed by atoms with Crippen molar-refractivity contribution in [2.75, 3.05) is 33.2 Å². The lowest BCUT2D eigenvalue weighted by atomic mass is 9.97. The van der Waals surface area contributed by atoms with Crippen molar-refractivity contribution in [3.05, 3.63) is 11.6 Å². The topological polar surface area (TPSA) is 52.7 Å². The summed E-state index contributed by atoms with van der Waals surface area (Å²) >= 11 is 0. The highest BCUT2D eigenvalue weighted by atomic mass is 16.2. The molecule has 0 aliphatic heterocycles. The van der Waals surface area contributed by atoms with Crippen LogP contribution in [-0.4, -0.2) is 60.9 Å². The summed E-state index contributed by atoms with van der Waals surface area (Å²) in [6, 6.07) is -0.296. The van der Waals surface area contributed by atoms with E-state index in [0.717, 1.165) is 6.42 Å². The molecule has 5 heteroatoms. The first-order valence-electron chi connectivity index (χ1n) is 8.93. The van der Waals surface area contributed by atoms with Gasteiger partial charge >= 0.3 is 0 Å². The van der Waals surface area contributed by atoms with Crippen LogP contribution in [0.3, 0.4) is 0 Å². The highest BCUT2D eigenvalue weighted by molar-refractivity contribution is 5.83. The number of likely N-dealkylation sites (N-methyl/N-ethyl adjacent to an activating group) is 2. The molecule has 1 N–H and O–H groups in total. The molecule has 1 unspecified atom stereocenters. The molecule has 0 fully saturated rings. The van der Waals surface area contributed by atoms with Crippen molar-refractivity contribution in [3.8, 4) is 0 Å². The Labute approximate surface area is 141 Å². The van der Waals surface area contributed by atoms with Gasteiger partial charge in [-0.05, 0) is 59.9 Å². The lowest BCUT2D eigenvalue weighted by Crippen LogP contribution is -2.48. The molecule has 0 saturated heterocycles. The summed E-state index contributed by atoms with van der Waals surface area (Å²) in [5.74, 6) is 0.0702. The molecule has 1 atom stereocenters. The Morgan fingerprint density at radius 2 is 1.96 bits per heavy atom. The van der Waals surface area contributed by atoms with Crippen LogP contribution in [0.2, 0.25) is 0 Å². The van der Waals surface area contributed by atoms with Gasteiger partial charge in [0.25, 0.3) is 0 Å². The number of carbonyl (C=O) groups is 2. The van der Waals surface area contributed by atoms with Crippen LogP contribution in [0, 0.1) is 0 Å². The van der Waals surface area contributed by atoms with Gasteiger partial charge in [0, 0.05) is 19.6 Å². The molecule has 2 amide bonds. The van der Waals surface area contributed by atoms with E-state index in [4.69, 9.17) is 0 Å². The van der Waals surface area contributed by atoms with Crippen molar-refractivity contribution < 1.29 is 9.59 Å². The smallest absolute Gasteiger partial charge is 0.237 e. The number of nitrogens with zero attached hydrogens (tertiary/aromatic N) is 2. The van der Waals surface area contributed by atoms with Gasteiger partial charge in [-0.3, -0.25) is 14.5 Å². The first-order chi connectivity index (χ1) is 11.0. The molecule has 0 aromatic carbocycles. The fraction of sp³-hybridized carbons (Fsp3) is 0.778. The van der Waals surface area contributed by atoms with Crippen molar-refractivity contribution in [1.82, 2.24) is 15.1 Å². The Balaban J connectivity index is 2.33. The molecule has 5 nitrogen and oxygen atoms in total. The molecule has 1 rings (SSSR count). The zero-order valence-electron chi connectivity index (χ0n) is 15.2. The molecule has 0 aromatic rings. The minimum absolute atomic E-state index is 0.00347.